The molecule has 2 fully saturated rings. The summed E-state index contributed by atoms with van der Waals surface area (Å²) in [6, 6.07) is 2.46. The Labute approximate surface area is 107 Å². The number of carbonyl (C=O) groups is 1. The molecule has 2 saturated heterocycles. The van der Waals surface area contributed by atoms with Crippen molar-refractivity contribution in [2.24, 2.45) is 7.05 Å². The van der Waals surface area contributed by atoms with Crippen molar-refractivity contribution in [3.8, 4) is 0 Å². The van der Waals surface area contributed by atoms with Gasteiger partial charge in [-0.15, -0.1) is 0 Å². The molecule has 1 aromatic heterocycles. The molecule has 2 aliphatic heterocycles. The number of hydrogen-bond donors (Lipinski definition) is 1. The lowest BCUT2D eigenvalue weighted by Crippen LogP contribution is -2.62. The number of amides is 1. The number of nitrogens with one attached hydrogen (secondary N) is 1. The predicted molar refractivity (Wildman–Crippen MR) is 67.3 cm³/mol. The second kappa shape index (κ2) is 4.70. The van der Waals surface area contributed by atoms with Gasteiger partial charge in [0.05, 0.1) is 0 Å². The summed E-state index contributed by atoms with van der Waals surface area (Å²) in [7, 11) is 1.81. The summed E-state index contributed by atoms with van der Waals surface area (Å²) in [6.45, 7) is 5.79. The first-order valence-electron chi connectivity index (χ1n) is 6.48. The van der Waals surface area contributed by atoms with Gasteiger partial charge in [0.2, 0.25) is 0 Å². The largest absolute Gasteiger partial charge is 0.335 e. The summed E-state index contributed by atoms with van der Waals surface area (Å²) in [5.74, 6) is 0.0985. The van der Waals surface area contributed by atoms with Gasteiger partial charge in [0.1, 0.15) is 5.69 Å². The Morgan fingerprint density at radius 3 is 2.56 bits per heavy atom. The molecule has 3 rings (SSSR count). The van der Waals surface area contributed by atoms with Crippen LogP contribution in [0.1, 0.15) is 10.5 Å². The van der Waals surface area contributed by atoms with Crippen molar-refractivity contribution < 1.29 is 4.79 Å². The molecular formula is C12H19N5O. The van der Waals surface area contributed by atoms with Crippen molar-refractivity contribution in [2.75, 3.05) is 39.3 Å². The highest BCUT2D eigenvalue weighted by Crippen LogP contribution is 2.12. The topological polar surface area (TPSA) is 53.4 Å². The third-order valence-electron chi connectivity index (χ3n) is 3.92. The minimum atomic E-state index is 0.0985. The summed E-state index contributed by atoms with van der Waals surface area (Å²) in [4.78, 5) is 16.7. The number of aromatic nitrogens is 2. The smallest absolute Gasteiger partial charge is 0.272 e. The third kappa shape index (κ3) is 2.02. The second-order valence-electron chi connectivity index (χ2n) is 4.98. The number of rotatable bonds is 2. The van der Waals surface area contributed by atoms with E-state index in [1.165, 1.54) is 0 Å². The molecular weight excluding hydrogens is 230 g/mol. The van der Waals surface area contributed by atoms with E-state index in [-0.39, 0.29) is 5.91 Å². The van der Waals surface area contributed by atoms with Crippen LogP contribution < -0.4 is 5.32 Å². The van der Waals surface area contributed by atoms with E-state index in [0.717, 1.165) is 39.3 Å². The number of hydrogen-bond acceptors (Lipinski definition) is 4. The highest BCUT2D eigenvalue weighted by atomic mass is 16.2. The molecule has 1 amide bonds. The van der Waals surface area contributed by atoms with Crippen molar-refractivity contribution in [3.05, 3.63) is 18.0 Å². The molecule has 0 saturated carbocycles. The average Bonchev–Trinajstić information content (AvgIpc) is 2.73. The SMILES string of the molecule is Cn1nccc1C(=O)N1CCN(C2CNC2)CC1. The lowest BCUT2D eigenvalue weighted by molar-refractivity contribution is 0.0493. The maximum absolute atomic E-state index is 12.3. The minimum Gasteiger partial charge on any atom is -0.335 e. The van der Waals surface area contributed by atoms with E-state index in [4.69, 9.17) is 0 Å². The van der Waals surface area contributed by atoms with E-state index in [9.17, 15) is 4.79 Å². The zero-order valence-corrected chi connectivity index (χ0v) is 10.7. The summed E-state index contributed by atoms with van der Waals surface area (Å²) in [6.07, 6.45) is 1.67. The van der Waals surface area contributed by atoms with E-state index in [1.54, 1.807) is 16.9 Å². The Balaban J connectivity index is 1.59. The van der Waals surface area contributed by atoms with Gasteiger partial charge >= 0.3 is 0 Å². The summed E-state index contributed by atoms with van der Waals surface area (Å²) in [5.41, 5.74) is 0.675. The first-order chi connectivity index (χ1) is 8.75. The van der Waals surface area contributed by atoms with Gasteiger partial charge in [-0.1, -0.05) is 0 Å². The quantitative estimate of drug-likeness (QED) is 0.742. The normalized spacial score (nSPS) is 21.9. The summed E-state index contributed by atoms with van der Waals surface area (Å²) >= 11 is 0. The highest BCUT2D eigenvalue weighted by molar-refractivity contribution is 5.92. The van der Waals surface area contributed by atoms with Gasteiger partial charge in [-0.3, -0.25) is 14.4 Å². The fraction of sp³-hybridized carbons (Fsp3) is 0.667. The Bertz CT molecular complexity index is 431. The van der Waals surface area contributed by atoms with Gasteiger partial charge in [0, 0.05) is 58.6 Å². The molecule has 3 heterocycles. The lowest BCUT2D eigenvalue weighted by atomic mass is 10.1. The van der Waals surface area contributed by atoms with E-state index in [1.807, 2.05) is 11.9 Å². The molecule has 0 radical (unpaired) electrons. The van der Waals surface area contributed by atoms with Crippen molar-refractivity contribution >= 4 is 5.91 Å². The van der Waals surface area contributed by atoms with Crippen LogP contribution >= 0.6 is 0 Å². The molecule has 18 heavy (non-hydrogen) atoms. The fourth-order valence-electron chi connectivity index (χ4n) is 2.57. The summed E-state index contributed by atoms with van der Waals surface area (Å²) in [5, 5.41) is 7.34. The number of nitrogens with zero attached hydrogens (tertiary/aromatic N) is 4. The molecule has 98 valence electrons. The van der Waals surface area contributed by atoms with E-state index < -0.39 is 0 Å². The van der Waals surface area contributed by atoms with E-state index in [0.29, 0.717) is 11.7 Å². The van der Waals surface area contributed by atoms with Crippen LogP contribution in [0.15, 0.2) is 12.3 Å². The van der Waals surface area contributed by atoms with E-state index >= 15 is 0 Å². The molecule has 2 aliphatic rings. The highest BCUT2D eigenvalue weighted by Gasteiger charge is 2.29. The number of aryl methyl sites for hydroxylation is 1. The molecule has 0 unspecified atom stereocenters. The van der Waals surface area contributed by atoms with Crippen molar-refractivity contribution in [2.45, 2.75) is 6.04 Å². The first kappa shape index (κ1) is 11.7. The Morgan fingerprint density at radius 2 is 2.06 bits per heavy atom. The molecule has 6 nitrogen and oxygen atoms in total. The lowest BCUT2D eigenvalue weighted by Gasteiger charge is -2.43. The van der Waals surface area contributed by atoms with Gasteiger partial charge in [-0.25, -0.2) is 0 Å². The van der Waals surface area contributed by atoms with Crippen LogP contribution in [0.25, 0.3) is 0 Å². The number of carbonyl (C=O) groups excluding carboxylic acids is 1. The standard InChI is InChI=1S/C12H19N5O/c1-15-11(2-3-14-15)12(18)17-6-4-16(5-7-17)10-8-13-9-10/h2-3,10,13H,4-9H2,1H3. The monoisotopic (exact) mass is 249 g/mol. The molecule has 0 aromatic carbocycles. The third-order valence-corrected chi connectivity index (χ3v) is 3.92. The number of piperazine rings is 1. The van der Waals surface area contributed by atoms with Crippen LogP contribution in [-0.2, 0) is 7.05 Å². The second-order valence-corrected chi connectivity index (χ2v) is 4.98. The van der Waals surface area contributed by atoms with Crippen LogP contribution in [0.4, 0.5) is 0 Å². The Kier molecular flexibility index (Phi) is 3.05. The van der Waals surface area contributed by atoms with Crippen LogP contribution in [0.3, 0.4) is 0 Å². The molecule has 0 bridgehead atoms. The maximum atomic E-state index is 12.3. The van der Waals surface area contributed by atoms with Crippen LogP contribution in [-0.4, -0.2) is 70.8 Å². The van der Waals surface area contributed by atoms with Gasteiger partial charge in [-0.2, -0.15) is 5.10 Å². The van der Waals surface area contributed by atoms with Gasteiger partial charge in [0.25, 0.3) is 5.91 Å². The van der Waals surface area contributed by atoms with Crippen LogP contribution in [0.2, 0.25) is 0 Å². The van der Waals surface area contributed by atoms with Crippen molar-refractivity contribution in [1.29, 1.82) is 0 Å². The predicted octanol–water partition coefficient (Wildman–Crippen LogP) is -0.850. The Hall–Kier alpha value is -1.40. The van der Waals surface area contributed by atoms with Gasteiger partial charge in [0.15, 0.2) is 0 Å². The zero-order valence-electron chi connectivity index (χ0n) is 10.7. The van der Waals surface area contributed by atoms with Gasteiger partial charge in [-0.05, 0) is 6.07 Å². The van der Waals surface area contributed by atoms with Crippen LogP contribution in [0, 0.1) is 0 Å². The van der Waals surface area contributed by atoms with Crippen molar-refractivity contribution in [1.82, 2.24) is 24.9 Å². The molecule has 1 aromatic rings. The maximum Gasteiger partial charge on any atom is 0.272 e. The molecule has 6 heteroatoms. The van der Waals surface area contributed by atoms with Gasteiger partial charge < -0.3 is 10.2 Å². The first-order valence-corrected chi connectivity index (χ1v) is 6.48. The molecule has 0 atom stereocenters. The summed E-state index contributed by atoms with van der Waals surface area (Å²) < 4.78 is 1.64. The average molecular weight is 249 g/mol. The molecule has 0 aliphatic carbocycles. The molecule has 1 N–H and O–H groups in total. The zero-order chi connectivity index (χ0) is 12.5. The minimum absolute atomic E-state index is 0.0985. The van der Waals surface area contributed by atoms with Crippen LogP contribution in [0.5, 0.6) is 0 Å². The molecule has 0 spiro atoms. The fourth-order valence-corrected chi connectivity index (χ4v) is 2.57. The van der Waals surface area contributed by atoms with Crippen molar-refractivity contribution in [3.63, 3.8) is 0 Å². The van der Waals surface area contributed by atoms with E-state index in [2.05, 4.69) is 15.3 Å². The Morgan fingerprint density at radius 1 is 1.33 bits per heavy atom.